The average Bonchev–Trinajstić information content (AvgIpc) is 2.82. The largest absolute Gasteiger partial charge is 0.493 e. The first-order valence-corrected chi connectivity index (χ1v) is 9.54. The molecule has 7 nitrogen and oxygen atoms in total. The van der Waals surface area contributed by atoms with Crippen LogP contribution in [0.2, 0.25) is 0 Å². The van der Waals surface area contributed by atoms with Gasteiger partial charge in [-0.3, -0.25) is 9.36 Å². The first-order valence-electron chi connectivity index (χ1n) is 9.54. The molecule has 0 aliphatic rings. The van der Waals surface area contributed by atoms with Gasteiger partial charge in [-0.2, -0.15) is 5.26 Å². The zero-order valence-corrected chi connectivity index (χ0v) is 17.0. The molecular formula is C24H19N3O4. The molecule has 0 aliphatic carbocycles. The van der Waals surface area contributed by atoms with Gasteiger partial charge in [0.15, 0.2) is 11.5 Å². The highest BCUT2D eigenvalue weighted by Gasteiger charge is 2.17. The van der Waals surface area contributed by atoms with E-state index >= 15 is 0 Å². The van der Waals surface area contributed by atoms with Crippen molar-refractivity contribution in [2.45, 2.75) is 6.54 Å². The van der Waals surface area contributed by atoms with E-state index in [1.165, 1.54) is 18.8 Å². The first kappa shape index (κ1) is 20.0. The SMILES string of the molecule is COc1ccc(-n2c(=O)c3ccccc3n(Cc3ccccc3C#N)c2=O)cc1OC. The molecule has 0 atom stereocenters. The van der Waals surface area contributed by atoms with E-state index < -0.39 is 11.2 Å². The second kappa shape index (κ2) is 8.20. The van der Waals surface area contributed by atoms with Gasteiger partial charge in [0.05, 0.1) is 49.0 Å². The van der Waals surface area contributed by atoms with E-state index in [9.17, 15) is 14.9 Å². The highest BCUT2D eigenvalue weighted by atomic mass is 16.5. The van der Waals surface area contributed by atoms with Gasteiger partial charge >= 0.3 is 5.69 Å². The summed E-state index contributed by atoms with van der Waals surface area (Å²) in [5.74, 6) is 0.893. The Morgan fingerprint density at radius 2 is 1.61 bits per heavy atom. The second-order valence-electron chi connectivity index (χ2n) is 6.83. The summed E-state index contributed by atoms with van der Waals surface area (Å²) in [5.41, 5.74) is 1.08. The Kier molecular flexibility index (Phi) is 5.29. The summed E-state index contributed by atoms with van der Waals surface area (Å²) in [6.07, 6.45) is 0. The second-order valence-corrected chi connectivity index (χ2v) is 6.83. The van der Waals surface area contributed by atoms with Gasteiger partial charge in [-0.25, -0.2) is 9.36 Å². The third-order valence-corrected chi connectivity index (χ3v) is 5.14. The standard InChI is InChI=1S/C24H19N3O4/c1-30-21-12-11-18(13-22(21)31-2)27-23(28)19-9-5-6-10-20(19)26(24(27)29)15-17-8-4-3-7-16(17)14-25/h3-13H,15H2,1-2H3. The quantitative estimate of drug-likeness (QED) is 0.502. The molecule has 4 aromatic rings. The zero-order chi connectivity index (χ0) is 22.0. The molecule has 154 valence electrons. The zero-order valence-electron chi connectivity index (χ0n) is 17.0. The van der Waals surface area contributed by atoms with Crippen LogP contribution in [0.1, 0.15) is 11.1 Å². The minimum absolute atomic E-state index is 0.149. The van der Waals surface area contributed by atoms with Crippen LogP contribution in [-0.4, -0.2) is 23.4 Å². The lowest BCUT2D eigenvalue weighted by molar-refractivity contribution is 0.355. The molecule has 0 radical (unpaired) electrons. The van der Waals surface area contributed by atoms with Crippen LogP contribution in [0.4, 0.5) is 0 Å². The van der Waals surface area contributed by atoms with Crippen LogP contribution in [0.5, 0.6) is 11.5 Å². The number of fused-ring (bicyclic) bond motifs is 1. The van der Waals surface area contributed by atoms with Crippen molar-refractivity contribution < 1.29 is 9.47 Å². The predicted molar refractivity (Wildman–Crippen MR) is 117 cm³/mol. The molecule has 0 amide bonds. The number of aromatic nitrogens is 2. The van der Waals surface area contributed by atoms with Crippen LogP contribution in [0.15, 0.2) is 76.3 Å². The molecule has 1 heterocycles. The summed E-state index contributed by atoms with van der Waals surface area (Å²) in [4.78, 5) is 26.8. The summed E-state index contributed by atoms with van der Waals surface area (Å²) >= 11 is 0. The highest BCUT2D eigenvalue weighted by molar-refractivity contribution is 5.78. The molecule has 4 rings (SSSR count). The number of benzene rings is 3. The van der Waals surface area contributed by atoms with E-state index in [4.69, 9.17) is 9.47 Å². The Labute approximate surface area is 177 Å². The van der Waals surface area contributed by atoms with Crippen molar-refractivity contribution in [3.05, 3.63) is 98.7 Å². The van der Waals surface area contributed by atoms with Crippen LogP contribution < -0.4 is 20.7 Å². The molecular weight excluding hydrogens is 394 g/mol. The van der Waals surface area contributed by atoms with Crippen molar-refractivity contribution in [2.75, 3.05) is 14.2 Å². The molecule has 0 aliphatic heterocycles. The number of nitrogens with zero attached hydrogens (tertiary/aromatic N) is 3. The normalized spacial score (nSPS) is 10.6. The Morgan fingerprint density at radius 3 is 2.35 bits per heavy atom. The van der Waals surface area contributed by atoms with Crippen molar-refractivity contribution >= 4 is 10.9 Å². The Morgan fingerprint density at radius 1 is 0.903 bits per heavy atom. The number of ether oxygens (including phenoxy) is 2. The molecule has 31 heavy (non-hydrogen) atoms. The Hall–Kier alpha value is -4.31. The van der Waals surface area contributed by atoms with Crippen LogP contribution in [0, 0.1) is 11.3 Å². The molecule has 3 aromatic carbocycles. The predicted octanol–water partition coefficient (Wildman–Crippen LogP) is 3.09. The van der Waals surface area contributed by atoms with Gasteiger partial charge in [0, 0.05) is 6.07 Å². The lowest BCUT2D eigenvalue weighted by atomic mass is 10.1. The number of para-hydroxylation sites is 1. The number of hydrogen-bond acceptors (Lipinski definition) is 5. The van der Waals surface area contributed by atoms with Crippen LogP contribution >= 0.6 is 0 Å². The van der Waals surface area contributed by atoms with E-state index in [2.05, 4.69) is 6.07 Å². The van der Waals surface area contributed by atoms with Gasteiger partial charge in [-0.15, -0.1) is 0 Å². The highest BCUT2D eigenvalue weighted by Crippen LogP contribution is 2.28. The molecule has 0 saturated heterocycles. The summed E-state index contributed by atoms with van der Waals surface area (Å²) in [7, 11) is 3.00. The van der Waals surface area contributed by atoms with E-state index in [0.717, 1.165) is 4.57 Å². The molecule has 0 bridgehead atoms. The van der Waals surface area contributed by atoms with Gasteiger partial charge in [-0.1, -0.05) is 30.3 Å². The Balaban J connectivity index is 2.02. The monoisotopic (exact) mass is 413 g/mol. The maximum atomic E-state index is 13.5. The van der Waals surface area contributed by atoms with Crippen LogP contribution in [0.25, 0.3) is 16.6 Å². The van der Waals surface area contributed by atoms with Crippen molar-refractivity contribution in [1.29, 1.82) is 5.26 Å². The lowest BCUT2D eigenvalue weighted by Crippen LogP contribution is -2.39. The summed E-state index contributed by atoms with van der Waals surface area (Å²) in [6.45, 7) is 0.149. The summed E-state index contributed by atoms with van der Waals surface area (Å²) in [6, 6.07) is 21.0. The number of methoxy groups -OCH3 is 2. The number of nitriles is 1. The maximum absolute atomic E-state index is 13.5. The molecule has 7 heteroatoms. The van der Waals surface area contributed by atoms with Crippen molar-refractivity contribution in [3.8, 4) is 23.3 Å². The summed E-state index contributed by atoms with van der Waals surface area (Å²) < 4.78 is 13.2. The van der Waals surface area contributed by atoms with Crippen LogP contribution in [-0.2, 0) is 6.54 Å². The smallest absolute Gasteiger partial charge is 0.336 e. The van der Waals surface area contributed by atoms with Crippen LogP contribution in [0.3, 0.4) is 0 Å². The molecule has 0 unspecified atom stereocenters. The van der Waals surface area contributed by atoms with Crippen molar-refractivity contribution in [2.24, 2.45) is 0 Å². The van der Waals surface area contributed by atoms with Crippen molar-refractivity contribution in [3.63, 3.8) is 0 Å². The maximum Gasteiger partial charge on any atom is 0.336 e. The summed E-state index contributed by atoms with van der Waals surface area (Å²) in [5, 5.41) is 9.84. The number of rotatable bonds is 5. The first-order chi connectivity index (χ1) is 15.1. The molecule has 1 aromatic heterocycles. The topological polar surface area (TPSA) is 86.2 Å². The average molecular weight is 413 g/mol. The molecule has 0 saturated carbocycles. The Bertz CT molecular complexity index is 1440. The molecule has 0 spiro atoms. The third kappa shape index (κ3) is 3.45. The van der Waals surface area contributed by atoms with E-state index in [1.807, 2.05) is 6.07 Å². The van der Waals surface area contributed by atoms with Crippen molar-refractivity contribution in [1.82, 2.24) is 9.13 Å². The third-order valence-electron chi connectivity index (χ3n) is 5.14. The van der Waals surface area contributed by atoms with Gasteiger partial charge < -0.3 is 9.47 Å². The number of hydrogen-bond donors (Lipinski definition) is 0. The van der Waals surface area contributed by atoms with Gasteiger partial charge in [0.1, 0.15) is 0 Å². The van der Waals surface area contributed by atoms with Gasteiger partial charge in [-0.05, 0) is 35.9 Å². The minimum atomic E-state index is -0.510. The minimum Gasteiger partial charge on any atom is -0.493 e. The van der Waals surface area contributed by atoms with Gasteiger partial charge in [0.25, 0.3) is 5.56 Å². The van der Waals surface area contributed by atoms with Gasteiger partial charge in [0.2, 0.25) is 0 Å². The van der Waals surface area contributed by atoms with E-state index in [0.29, 0.717) is 39.2 Å². The van der Waals surface area contributed by atoms with E-state index in [1.54, 1.807) is 60.7 Å². The lowest BCUT2D eigenvalue weighted by Gasteiger charge is -2.16. The molecule has 0 fully saturated rings. The molecule has 0 N–H and O–H groups in total. The fourth-order valence-electron chi connectivity index (χ4n) is 3.60. The fraction of sp³-hybridized carbons (Fsp3) is 0.125. The van der Waals surface area contributed by atoms with E-state index in [-0.39, 0.29) is 6.54 Å². The fourth-order valence-corrected chi connectivity index (χ4v) is 3.60.